The normalized spacial score (nSPS) is 12.1. The van der Waals surface area contributed by atoms with E-state index in [1.807, 2.05) is 6.92 Å². The van der Waals surface area contributed by atoms with E-state index >= 15 is 0 Å². The number of carboxylic acid groups (broad SMARTS) is 1. The van der Waals surface area contributed by atoms with E-state index in [2.05, 4.69) is 45.0 Å². The van der Waals surface area contributed by atoms with Crippen molar-refractivity contribution < 1.29 is 19.4 Å². The number of carboxylic acids is 1. The van der Waals surface area contributed by atoms with Gasteiger partial charge < -0.3 is 9.84 Å². The number of benzene rings is 2. The SMILES string of the molecule is CCC(Oc1ccc(C(=O)CCc2sc(-c3ccc(C)cc3)nc2C(C)C)cc1C)C(=O)O. The van der Waals surface area contributed by atoms with Crippen molar-refractivity contribution in [2.75, 3.05) is 0 Å². The molecule has 6 heteroatoms. The van der Waals surface area contributed by atoms with Crippen LogP contribution in [0.15, 0.2) is 42.5 Å². The van der Waals surface area contributed by atoms with E-state index in [0.717, 1.165) is 26.7 Å². The molecule has 0 saturated heterocycles. The van der Waals surface area contributed by atoms with Crippen molar-refractivity contribution in [3.63, 3.8) is 0 Å². The average molecular weight is 466 g/mol. The molecule has 174 valence electrons. The van der Waals surface area contributed by atoms with Gasteiger partial charge in [-0.1, -0.05) is 50.6 Å². The number of ketones is 1. The second-order valence-electron chi connectivity index (χ2n) is 8.60. The van der Waals surface area contributed by atoms with Gasteiger partial charge in [0.15, 0.2) is 11.9 Å². The Labute approximate surface area is 199 Å². The summed E-state index contributed by atoms with van der Waals surface area (Å²) >= 11 is 1.66. The molecule has 1 atom stereocenters. The van der Waals surface area contributed by atoms with Gasteiger partial charge in [-0.15, -0.1) is 11.3 Å². The average Bonchev–Trinajstić information content (AvgIpc) is 3.21. The van der Waals surface area contributed by atoms with Crippen LogP contribution in [0.2, 0.25) is 0 Å². The summed E-state index contributed by atoms with van der Waals surface area (Å²) in [5, 5.41) is 10.2. The van der Waals surface area contributed by atoms with Crippen molar-refractivity contribution in [2.45, 2.75) is 65.9 Å². The first-order valence-electron chi connectivity index (χ1n) is 11.3. The van der Waals surface area contributed by atoms with E-state index in [-0.39, 0.29) is 11.7 Å². The van der Waals surface area contributed by atoms with Gasteiger partial charge in [-0.25, -0.2) is 9.78 Å². The Morgan fingerprint density at radius 3 is 2.36 bits per heavy atom. The zero-order valence-corrected chi connectivity index (χ0v) is 20.7. The third kappa shape index (κ3) is 6.08. The van der Waals surface area contributed by atoms with Gasteiger partial charge in [0.2, 0.25) is 0 Å². The number of hydrogen-bond acceptors (Lipinski definition) is 5. The standard InChI is InChI=1S/C27H31NO4S/c1-6-22(27(30)31)32-23-13-11-20(15-18(23)5)21(29)12-14-24-25(16(2)3)28-26(33-24)19-9-7-17(4)8-10-19/h7-11,13,15-16,22H,6,12,14H2,1-5H3,(H,30,31). The van der Waals surface area contributed by atoms with E-state index < -0.39 is 12.1 Å². The van der Waals surface area contributed by atoms with Crippen LogP contribution in [-0.2, 0) is 11.2 Å². The molecule has 1 heterocycles. The highest BCUT2D eigenvalue weighted by Gasteiger charge is 2.20. The summed E-state index contributed by atoms with van der Waals surface area (Å²) in [6.45, 7) is 9.91. The highest BCUT2D eigenvalue weighted by molar-refractivity contribution is 7.15. The summed E-state index contributed by atoms with van der Waals surface area (Å²) in [5.74, 6) is -0.166. The molecule has 0 radical (unpaired) electrons. The lowest BCUT2D eigenvalue weighted by molar-refractivity contribution is -0.145. The molecule has 1 unspecified atom stereocenters. The van der Waals surface area contributed by atoms with Crippen LogP contribution >= 0.6 is 11.3 Å². The lowest BCUT2D eigenvalue weighted by Gasteiger charge is -2.15. The van der Waals surface area contributed by atoms with Crippen molar-refractivity contribution >= 4 is 23.1 Å². The topological polar surface area (TPSA) is 76.5 Å². The number of rotatable bonds is 10. The lowest BCUT2D eigenvalue weighted by Crippen LogP contribution is -2.26. The summed E-state index contributed by atoms with van der Waals surface area (Å²) in [6.07, 6.45) is 0.507. The minimum atomic E-state index is -0.993. The van der Waals surface area contributed by atoms with Gasteiger partial charge >= 0.3 is 5.97 Å². The van der Waals surface area contributed by atoms with Crippen molar-refractivity contribution in [3.05, 3.63) is 69.7 Å². The van der Waals surface area contributed by atoms with Crippen LogP contribution in [0.3, 0.4) is 0 Å². The molecule has 1 aromatic heterocycles. The smallest absolute Gasteiger partial charge is 0.344 e. The molecular formula is C27H31NO4S. The molecule has 0 aliphatic heterocycles. The van der Waals surface area contributed by atoms with E-state index in [4.69, 9.17) is 9.72 Å². The number of carbonyl (C=O) groups is 2. The van der Waals surface area contributed by atoms with Crippen LogP contribution < -0.4 is 4.74 Å². The third-order valence-corrected chi connectivity index (χ3v) is 6.74. The summed E-state index contributed by atoms with van der Waals surface area (Å²) in [6, 6.07) is 13.5. The number of thiazole rings is 1. The van der Waals surface area contributed by atoms with Gasteiger partial charge in [0.1, 0.15) is 10.8 Å². The molecule has 0 aliphatic carbocycles. The van der Waals surface area contributed by atoms with E-state index in [1.54, 1.807) is 36.5 Å². The summed E-state index contributed by atoms with van der Waals surface area (Å²) in [4.78, 5) is 30.2. The second-order valence-corrected chi connectivity index (χ2v) is 9.69. The minimum absolute atomic E-state index is 0.0509. The maximum atomic E-state index is 12.9. The fraction of sp³-hybridized carbons (Fsp3) is 0.370. The van der Waals surface area contributed by atoms with Crippen LogP contribution in [0.1, 0.15) is 71.6 Å². The number of aromatic nitrogens is 1. The van der Waals surface area contributed by atoms with Crippen molar-refractivity contribution in [3.8, 4) is 16.3 Å². The predicted molar refractivity (Wildman–Crippen MR) is 133 cm³/mol. The van der Waals surface area contributed by atoms with Crippen LogP contribution in [0, 0.1) is 13.8 Å². The van der Waals surface area contributed by atoms with Crippen molar-refractivity contribution in [1.29, 1.82) is 0 Å². The molecule has 0 fully saturated rings. The number of carbonyl (C=O) groups excluding carboxylic acids is 1. The first-order chi connectivity index (χ1) is 15.7. The van der Waals surface area contributed by atoms with Crippen molar-refractivity contribution in [1.82, 2.24) is 4.98 Å². The van der Waals surface area contributed by atoms with E-state index in [1.165, 1.54) is 5.56 Å². The molecule has 0 amide bonds. The zero-order valence-electron chi connectivity index (χ0n) is 19.8. The Bertz CT molecular complexity index is 1130. The number of ether oxygens (including phenoxy) is 1. The molecule has 0 bridgehead atoms. The number of Topliss-reactive ketones (excluding diaryl/α,β-unsaturated/α-hetero) is 1. The first kappa shape index (κ1) is 24.6. The van der Waals surface area contributed by atoms with Crippen molar-refractivity contribution in [2.24, 2.45) is 0 Å². The van der Waals surface area contributed by atoms with Crippen LogP contribution in [-0.4, -0.2) is 27.9 Å². The number of aryl methyl sites for hydroxylation is 3. The molecule has 33 heavy (non-hydrogen) atoms. The zero-order chi connectivity index (χ0) is 24.1. The van der Waals surface area contributed by atoms with Crippen LogP contribution in [0.25, 0.3) is 10.6 Å². The Kier molecular flexibility index (Phi) is 8.03. The summed E-state index contributed by atoms with van der Waals surface area (Å²) in [5.41, 5.74) is 4.73. The monoisotopic (exact) mass is 465 g/mol. The Hall–Kier alpha value is -2.99. The number of aliphatic carboxylic acids is 1. The fourth-order valence-corrected chi connectivity index (χ4v) is 4.82. The summed E-state index contributed by atoms with van der Waals surface area (Å²) < 4.78 is 5.60. The molecule has 1 N–H and O–H groups in total. The van der Waals surface area contributed by atoms with Gasteiger partial charge in [0, 0.05) is 22.4 Å². The number of hydrogen-bond donors (Lipinski definition) is 1. The molecule has 5 nitrogen and oxygen atoms in total. The maximum Gasteiger partial charge on any atom is 0.344 e. The molecule has 3 aromatic rings. The molecule has 2 aromatic carbocycles. The highest BCUT2D eigenvalue weighted by Crippen LogP contribution is 2.33. The molecule has 0 saturated carbocycles. The lowest BCUT2D eigenvalue weighted by atomic mass is 10.0. The van der Waals surface area contributed by atoms with Gasteiger partial charge in [-0.2, -0.15) is 0 Å². The van der Waals surface area contributed by atoms with Gasteiger partial charge in [-0.3, -0.25) is 4.79 Å². The van der Waals surface area contributed by atoms with Crippen LogP contribution in [0.4, 0.5) is 0 Å². The third-order valence-electron chi connectivity index (χ3n) is 5.56. The minimum Gasteiger partial charge on any atom is -0.479 e. The molecular weight excluding hydrogens is 434 g/mol. The maximum absolute atomic E-state index is 12.9. The van der Waals surface area contributed by atoms with Gasteiger partial charge in [0.25, 0.3) is 0 Å². The quantitative estimate of drug-likeness (QED) is 0.341. The van der Waals surface area contributed by atoms with E-state index in [9.17, 15) is 14.7 Å². The fourth-order valence-electron chi connectivity index (χ4n) is 3.60. The van der Waals surface area contributed by atoms with E-state index in [0.29, 0.717) is 30.6 Å². The Morgan fingerprint density at radius 2 is 1.79 bits per heavy atom. The number of nitrogens with zero attached hydrogens (tertiary/aromatic N) is 1. The first-order valence-corrected chi connectivity index (χ1v) is 12.1. The van der Waals surface area contributed by atoms with Crippen LogP contribution in [0.5, 0.6) is 5.75 Å². The molecule has 0 spiro atoms. The second kappa shape index (κ2) is 10.8. The Morgan fingerprint density at radius 1 is 1.09 bits per heavy atom. The largest absolute Gasteiger partial charge is 0.479 e. The highest BCUT2D eigenvalue weighted by atomic mass is 32.1. The van der Waals surface area contributed by atoms with Gasteiger partial charge in [0.05, 0.1) is 5.69 Å². The molecule has 0 aliphatic rings. The predicted octanol–water partition coefficient (Wildman–Crippen LogP) is 6.61. The molecule has 3 rings (SSSR count). The Balaban J connectivity index is 1.73. The summed E-state index contributed by atoms with van der Waals surface area (Å²) in [7, 11) is 0. The van der Waals surface area contributed by atoms with Gasteiger partial charge in [-0.05, 0) is 56.4 Å².